The number of aromatic hydroxyl groups is 1. The normalized spacial score (nSPS) is 24.6. The van der Waals surface area contributed by atoms with Crippen LogP contribution in [-0.2, 0) is 6.42 Å². The molecular weight excluding hydrogens is 300 g/mol. The first kappa shape index (κ1) is 17.3. The van der Waals surface area contributed by atoms with E-state index in [9.17, 15) is 5.11 Å². The average Bonchev–Trinajstić information content (AvgIpc) is 2.50. The Kier molecular flexibility index (Phi) is 4.91. The molecule has 1 aromatic carbocycles. The van der Waals surface area contributed by atoms with Crippen LogP contribution in [0.2, 0.25) is 0 Å². The van der Waals surface area contributed by atoms with Gasteiger partial charge in [0.1, 0.15) is 17.1 Å². The van der Waals surface area contributed by atoms with E-state index in [1.807, 2.05) is 6.07 Å². The maximum absolute atomic E-state index is 10.7. The van der Waals surface area contributed by atoms with Gasteiger partial charge in [-0.05, 0) is 70.6 Å². The highest BCUT2D eigenvalue weighted by atomic mass is 16.5. The van der Waals surface area contributed by atoms with Gasteiger partial charge in [0, 0.05) is 24.0 Å². The fraction of sp³-hybridized carbons (Fsp3) is 0.619. The first-order valence-electron chi connectivity index (χ1n) is 9.23. The zero-order valence-corrected chi connectivity index (χ0v) is 15.1. The summed E-state index contributed by atoms with van der Waals surface area (Å²) >= 11 is 0. The number of fused-ring (bicyclic) bond motifs is 3. The molecule has 0 radical (unpaired) electrons. The van der Waals surface area contributed by atoms with Crippen LogP contribution in [0.4, 0.5) is 0 Å². The molecule has 1 aliphatic heterocycles. The van der Waals surface area contributed by atoms with Gasteiger partial charge in [-0.1, -0.05) is 18.1 Å². The number of rotatable bonds is 5. The van der Waals surface area contributed by atoms with Crippen molar-refractivity contribution in [2.75, 3.05) is 6.61 Å². The Hall–Kier alpha value is -1.48. The van der Waals surface area contributed by atoms with Gasteiger partial charge in [-0.3, -0.25) is 0 Å². The molecule has 3 nitrogen and oxygen atoms in total. The average molecular weight is 330 g/mol. The third kappa shape index (κ3) is 3.32. The zero-order chi connectivity index (χ0) is 17.3. The van der Waals surface area contributed by atoms with Crippen LogP contribution in [-0.4, -0.2) is 22.4 Å². The van der Waals surface area contributed by atoms with E-state index in [-0.39, 0.29) is 12.2 Å². The molecule has 24 heavy (non-hydrogen) atoms. The molecule has 0 saturated carbocycles. The molecule has 1 aliphatic carbocycles. The van der Waals surface area contributed by atoms with Crippen molar-refractivity contribution in [2.24, 2.45) is 5.92 Å². The minimum atomic E-state index is -0.211. The Morgan fingerprint density at radius 1 is 1.21 bits per heavy atom. The second-order valence-electron chi connectivity index (χ2n) is 7.97. The van der Waals surface area contributed by atoms with Crippen LogP contribution in [0.1, 0.15) is 69.9 Å². The van der Waals surface area contributed by atoms with Gasteiger partial charge in [0.2, 0.25) is 0 Å². The van der Waals surface area contributed by atoms with E-state index in [1.54, 1.807) is 0 Å². The fourth-order valence-corrected chi connectivity index (χ4v) is 4.38. The zero-order valence-electron chi connectivity index (χ0n) is 15.1. The smallest absolute Gasteiger partial charge is 0.127 e. The lowest BCUT2D eigenvalue weighted by molar-refractivity contribution is 0.00752. The van der Waals surface area contributed by atoms with Crippen molar-refractivity contribution in [1.29, 1.82) is 0 Å². The maximum atomic E-state index is 10.7. The minimum absolute atomic E-state index is 0.211. The molecule has 2 aliphatic rings. The molecule has 0 aromatic heterocycles. The highest BCUT2D eigenvalue weighted by Crippen LogP contribution is 2.54. The Labute approximate surface area is 145 Å². The number of hydrogen-bond acceptors (Lipinski definition) is 3. The predicted molar refractivity (Wildman–Crippen MR) is 96.7 cm³/mol. The number of aliphatic hydroxyl groups is 1. The molecule has 0 saturated heterocycles. The van der Waals surface area contributed by atoms with Crippen molar-refractivity contribution in [3.63, 3.8) is 0 Å². The summed E-state index contributed by atoms with van der Waals surface area (Å²) in [6, 6.07) is 4.05. The number of phenolic OH excluding ortho intramolecular Hbond substituents is 1. The van der Waals surface area contributed by atoms with Crippen molar-refractivity contribution in [3.05, 3.63) is 34.9 Å². The fourth-order valence-electron chi connectivity index (χ4n) is 4.38. The number of unbranched alkanes of at least 4 members (excludes halogenated alkanes) is 2. The number of benzene rings is 1. The van der Waals surface area contributed by atoms with Crippen molar-refractivity contribution < 1.29 is 14.9 Å². The van der Waals surface area contributed by atoms with E-state index in [0.717, 1.165) is 55.4 Å². The molecule has 0 amide bonds. The van der Waals surface area contributed by atoms with E-state index in [1.165, 1.54) is 5.57 Å². The monoisotopic (exact) mass is 330 g/mol. The first-order valence-corrected chi connectivity index (χ1v) is 9.23. The molecule has 2 atom stereocenters. The molecule has 2 N–H and O–H groups in total. The number of allylic oxidation sites excluding steroid dienone is 2. The quantitative estimate of drug-likeness (QED) is 0.607. The summed E-state index contributed by atoms with van der Waals surface area (Å²) in [5.74, 6) is 2.02. The van der Waals surface area contributed by atoms with E-state index >= 15 is 0 Å². The highest BCUT2D eigenvalue weighted by molar-refractivity contribution is 5.52. The Morgan fingerprint density at radius 3 is 2.75 bits per heavy atom. The van der Waals surface area contributed by atoms with Gasteiger partial charge >= 0.3 is 0 Å². The lowest BCUT2D eigenvalue weighted by Crippen LogP contribution is -2.45. The summed E-state index contributed by atoms with van der Waals surface area (Å²) in [6.45, 7) is 6.79. The van der Waals surface area contributed by atoms with Crippen LogP contribution >= 0.6 is 0 Å². The summed E-state index contributed by atoms with van der Waals surface area (Å²) in [6.07, 6.45) is 8.14. The third-order valence-electron chi connectivity index (χ3n) is 5.69. The molecule has 0 spiro atoms. The van der Waals surface area contributed by atoms with Crippen LogP contribution in [0.15, 0.2) is 23.8 Å². The molecule has 1 heterocycles. The van der Waals surface area contributed by atoms with Gasteiger partial charge in [-0.2, -0.15) is 0 Å². The van der Waals surface area contributed by atoms with Crippen LogP contribution in [0.3, 0.4) is 0 Å². The highest BCUT2D eigenvalue weighted by Gasteiger charge is 2.45. The second-order valence-corrected chi connectivity index (χ2v) is 7.97. The number of aryl methyl sites for hydroxylation is 1. The Balaban J connectivity index is 1.89. The Bertz CT molecular complexity index is 630. The summed E-state index contributed by atoms with van der Waals surface area (Å²) < 4.78 is 6.34. The van der Waals surface area contributed by atoms with Gasteiger partial charge in [0.05, 0.1) is 0 Å². The van der Waals surface area contributed by atoms with E-state index < -0.39 is 0 Å². The standard InChI is InChI=1S/C21H30O3/c1-14-8-9-17-16(11-14)20-18(23)12-15(7-5-4-6-10-22)13-19(20)24-21(17,2)3/h8,12-13,16-17,22-23H,4-7,9-11H2,1-3H3/t16-,17+/m1/s1. The Morgan fingerprint density at radius 2 is 2.00 bits per heavy atom. The molecule has 3 heteroatoms. The minimum Gasteiger partial charge on any atom is -0.508 e. The molecule has 0 unspecified atom stereocenters. The van der Waals surface area contributed by atoms with Crippen LogP contribution in [0.25, 0.3) is 0 Å². The SMILES string of the molecule is CC1=CC[C@H]2[C@@H](C1)c1c(O)cc(CCCCCO)cc1OC2(C)C. The summed E-state index contributed by atoms with van der Waals surface area (Å²) in [5.41, 5.74) is 3.33. The molecule has 0 fully saturated rings. The summed E-state index contributed by atoms with van der Waals surface area (Å²) in [4.78, 5) is 0. The lowest BCUT2D eigenvalue weighted by Gasteiger charge is -2.47. The largest absolute Gasteiger partial charge is 0.508 e. The molecule has 1 aromatic rings. The summed E-state index contributed by atoms with van der Waals surface area (Å²) in [5, 5.41) is 19.6. The second kappa shape index (κ2) is 6.79. The van der Waals surface area contributed by atoms with Gasteiger partial charge < -0.3 is 14.9 Å². The van der Waals surface area contributed by atoms with Crippen LogP contribution in [0, 0.1) is 5.92 Å². The number of ether oxygens (including phenoxy) is 1. The lowest BCUT2D eigenvalue weighted by atomic mass is 9.67. The van der Waals surface area contributed by atoms with Crippen molar-refractivity contribution >= 4 is 0 Å². The molecular formula is C21H30O3. The van der Waals surface area contributed by atoms with Crippen LogP contribution in [0.5, 0.6) is 11.5 Å². The van der Waals surface area contributed by atoms with E-state index in [4.69, 9.17) is 9.84 Å². The molecule has 0 bridgehead atoms. The predicted octanol–water partition coefficient (Wildman–Crippen LogP) is 4.71. The number of hydrogen-bond donors (Lipinski definition) is 2. The van der Waals surface area contributed by atoms with Gasteiger partial charge in [0.25, 0.3) is 0 Å². The van der Waals surface area contributed by atoms with Crippen molar-refractivity contribution in [2.45, 2.75) is 70.8 Å². The molecule has 132 valence electrons. The molecule has 3 rings (SSSR count). The topological polar surface area (TPSA) is 49.7 Å². The number of aliphatic hydroxyl groups excluding tert-OH is 1. The van der Waals surface area contributed by atoms with E-state index in [2.05, 4.69) is 32.9 Å². The van der Waals surface area contributed by atoms with Gasteiger partial charge in [-0.25, -0.2) is 0 Å². The third-order valence-corrected chi connectivity index (χ3v) is 5.69. The first-order chi connectivity index (χ1) is 11.4. The van der Waals surface area contributed by atoms with Gasteiger partial charge in [0.15, 0.2) is 0 Å². The van der Waals surface area contributed by atoms with Crippen molar-refractivity contribution in [1.82, 2.24) is 0 Å². The van der Waals surface area contributed by atoms with E-state index in [0.29, 0.717) is 17.6 Å². The van der Waals surface area contributed by atoms with Crippen molar-refractivity contribution in [3.8, 4) is 11.5 Å². The number of phenols is 1. The maximum Gasteiger partial charge on any atom is 0.127 e. The summed E-state index contributed by atoms with van der Waals surface area (Å²) in [7, 11) is 0. The van der Waals surface area contributed by atoms with Gasteiger partial charge in [-0.15, -0.1) is 0 Å². The van der Waals surface area contributed by atoms with Crippen LogP contribution < -0.4 is 4.74 Å².